The Morgan fingerprint density at radius 2 is 1.70 bits per heavy atom. The van der Waals surface area contributed by atoms with Gasteiger partial charge < -0.3 is 14.8 Å². The SMILES string of the molecule is OB(O)c1cccc(CCOc2ccc(Cl)c3ccccc23)c1. The van der Waals surface area contributed by atoms with E-state index >= 15 is 0 Å². The molecule has 0 aromatic heterocycles. The Balaban J connectivity index is 1.72. The van der Waals surface area contributed by atoms with Gasteiger partial charge in [0.1, 0.15) is 5.75 Å². The van der Waals surface area contributed by atoms with Crippen LogP contribution in [-0.2, 0) is 6.42 Å². The molecule has 0 bridgehead atoms. The van der Waals surface area contributed by atoms with Gasteiger partial charge in [-0.05, 0) is 23.2 Å². The predicted molar refractivity (Wildman–Crippen MR) is 94.4 cm³/mol. The summed E-state index contributed by atoms with van der Waals surface area (Å²) in [5.41, 5.74) is 1.48. The maximum Gasteiger partial charge on any atom is 0.488 e. The Bertz CT molecular complexity index is 820. The van der Waals surface area contributed by atoms with E-state index in [0.717, 1.165) is 22.1 Å². The number of ether oxygens (including phenoxy) is 1. The van der Waals surface area contributed by atoms with Crippen molar-refractivity contribution in [1.82, 2.24) is 0 Å². The zero-order chi connectivity index (χ0) is 16.2. The van der Waals surface area contributed by atoms with Crippen LogP contribution in [0.4, 0.5) is 0 Å². The molecule has 116 valence electrons. The van der Waals surface area contributed by atoms with Crippen LogP contribution in [0.1, 0.15) is 5.56 Å². The minimum atomic E-state index is -1.45. The maximum atomic E-state index is 9.21. The number of rotatable bonds is 5. The van der Waals surface area contributed by atoms with Crippen LogP contribution in [0.15, 0.2) is 60.7 Å². The van der Waals surface area contributed by atoms with Gasteiger partial charge in [0.05, 0.1) is 6.61 Å². The Kier molecular flexibility index (Phi) is 4.86. The van der Waals surface area contributed by atoms with Gasteiger partial charge in [-0.1, -0.05) is 60.1 Å². The first-order chi connectivity index (χ1) is 11.1. The molecular formula is C18H16BClO3. The van der Waals surface area contributed by atoms with Gasteiger partial charge in [-0.2, -0.15) is 0 Å². The van der Waals surface area contributed by atoms with Crippen molar-refractivity contribution >= 4 is 35.0 Å². The molecule has 0 aliphatic carbocycles. The van der Waals surface area contributed by atoms with Crippen LogP contribution in [0.5, 0.6) is 5.75 Å². The molecule has 0 heterocycles. The monoisotopic (exact) mass is 326 g/mol. The zero-order valence-electron chi connectivity index (χ0n) is 12.4. The summed E-state index contributed by atoms with van der Waals surface area (Å²) in [4.78, 5) is 0. The molecule has 0 fully saturated rings. The summed E-state index contributed by atoms with van der Waals surface area (Å²) in [6.45, 7) is 0.497. The highest BCUT2D eigenvalue weighted by atomic mass is 35.5. The fourth-order valence-corrected chi connectivity index (χ4v) is 2.78. The van der Waals surface area contributed by atoms with Crippen LogP contribution in [0.3, 0.4) is 0 Å². The molecule has 0 spiro atoms. The number of benzene rings is 3. The Hall–Kier alpha value is -2.01. The van der Waals surface area contributed by atoms with E-state index in [0.29, 0.717) is 23.5 Å². The number of hydrogen-bond acceptors (Lipinski definition) is 3. The highest BCUT2D eigenvalue weighted by Crippen LogP contribution is 2.31. The first-order valence-corrected chi connectivity index (χ1v) is 7.78. The summed E-state index contributed by atoms with van der Waals surface area (Å²) >= 11 is 6.20. The van der Waals surface area contributed by atoms with Crippen molar-refractivity contribution in [2.75, 3.05) is 6.61 Å². The molecule has 3 aromatic carbocycles. The summed E-state index contributed by atoms with van der Waals surface area (Å²) < 4.78 is 5.89. The highest BCUT2D eigenvalue weighted by molar-refractivity contribution is 6.58. The van der Waals surface area contributed by atoms with E-state index in [9.17, 15) is 10.0 Å². The van der Waals surface area contributed by atoms with Crippen molar-refractivity contribution in [3.05, 3.63) is 71.2 Å². The van der Waals surface area contributed by atoms with Crippen molar-refractivity contribution in [1.29, 1.82) is 0 Å². The molecule has 0 atom stereocenters. The van der Waals surface area contributed by atoms with Gasteiger partial charge >= 0.3 is 7.12 Å². The number of fused-ring (bicyclic) bond motifs is 1. The molecule has 0 radical (unpaired) electrons. The van der Waals surface area contributed by atoms with Gasteiger partial charge in [0.15, 0.2) is 0 Å². The largest absolute Gasteiger partial charge is 0.493 e. The lowest BCUT2D eigenvalue weighted by atomic mass is 9.79. The van der Waals surface area contributed by atoms with E-state index in [1.165, 1.54) is 0 Å². The number of halogens is 1. The molecule has 3 rings (SSSR count). The molecule has 0 amide bonds. The first-order valence-electron chi connectivity index (χ1n) is 7.40. The van der Waals surface area contributed by atoms with E-state index in [2.05, 4.69) is 0 Å². The molecule has 0 aliphatic heterocycles. The number of hydrogen-bond donors (Lipinski definition) is 2. The minimum absolute atomic E-state index is 0.486. The summed E-state index contributed by atoms with van der Waals surface area (Å²) in [6.07, 6.45) is 0.678. The Labute approximate surface area is 140 Å². The average molecular weight is 327 g/mol. The molecule has 5 heteroatoms. The Morgan fingerprint density at radius 1 is 0.913 bits per heavy atom. The van der Waals surface area contributed by atoms with Crippen LogP contribution >= 0.6 is 11.6 Å². The second-order valence-corrected chi connectivity index (χ2v) is 5.72. The Morgan fingerprint density at radius 3 is 2.48 bits per heavy atom. The van der Waals surface area contributed by atoms with Crippen LogP contribution in [-0.4, -0.2) is 23.8 Å². The normalized spacial score (nSPS) is 10.7. The van der Waals surface area contributed by atoms with E-state index < -0.39 is 7.12 Å². The standard InChI is InChI=1S/C18H16BClO3/c20-17-8-9-18(16-7-2-1-6-15(16)17)23-11-10-13-4-3-5-14(12-13)19(21)22/h1-9,12,21-22H,10-11H2. The minimum Gasteiger partial charge on any atom is -0.493 e. The summed E-state index contributed by atoms with van der Waals surface area (Å²) in [6, 6.07) is 18.8. The second-order valence-electron chi connectivity index (χ2n) is 5.31. The third-order valence-corrected chi connectivity index (χ3v) is 4.06. The van der Waals surface area contributed by atoms with Crippen LogP contribution in [0.2, 0.25) is 5.02 Å². The maximum absolute atomic E-state index is 9.21. The molecule has 0 saturated heterocycles. The van der Waals surface area contributed by atoms with Crippen molar-refractivity contribution in [3.63, 3.8) is 0 Å². The smallest absolute Gasteiger partial charge is 0.488 e. The quantitative estimate of drug-likeness (QED) is 0.709. The van der Waals surface area contributed by atoms with E-state index in [4.69, 9.17) is 16.3 Å². The van der Waals surface area contributed by atoms with Crippen LogP contribution in [0, 0.1) is 0 Å². The third kappa shape index (κ3) is 3.67. The molecule has 3 aromatic rings. The fourth-order valence-electron chi connectivity index (χ4n) is 2.55. The van der Waals surface area contributed by atoms with Gasteiger partial charge in [0.2, 0.25) is 0 Å². The van der Waals surface area contributed by atoms with Crippen molar-refractivity contribution in [2.24, 2.45) is 0 Å². The van der Waals surface area contributed by atoms with Gasteiger partial charge in [-0.3, -0.25) is 0 Å². The third-order valence-electron chi connectivity index (χ3n) is 3.73. The molecule has 3 nitrogen and oxygen atoms in total. The average Bonchev–Trinajstić information content (AvgIpc) is 2.57. The van der Waals surface area contributed by atoms with Crippen molar-refractivity contribution < 1.29 is 14.8 Å². The van der Waals surface area contributed by atoms with Gasteiger partial charge in [-0.25, -0.2) is 0 Å². The predicted octanol–water partition coefficient (Wildman–Crippen LogP) is 2.79. The van der Waals surface area contributed by atoms with Crippen molar-refractivity contribution in [2.45, 2.75) is 6.42 Å². The lowest BCUT2D eigenvalue weighted by Crippen LogP contribution is -2.29. The van der Waals surface area contributed by atoms with Crippen molar-refractivity contribution in [3.8, 4) is 5.75 Å². The lowest BCUT2D eigenvalue weighted by molar-refractivity contribution is 0.326. The molecule has 0 saturated carbocycles. The summed E-state index contributed by atoms with van der Waals surface area (Å²) in [5, 5.41) is 21.1. The van der Waals surface area contributed by atoms with Gasteiger partial charge in [0, 0.05) is 22.2 Å². The van der Waals surface area contributed by atoms with Crippen LogP contribution < -0.4 is 10.2 Å². The lowest BCUT2D eigenvalue weighted by Gasteiger charge is -2.11. The molecular weight excluding hydrogens is 310 g/mol. The fraction of sp³-hybridized carbons (Fsp3) is 0.111. The van der Waals surface area contributed by atoms with E-state index in [1.807, 2.05) is 48.5 Å². The highest BCUT2D eigenvalue weighted by Gasteiger charge is 2.11. The zero-order valence-corrected chi connectivity index (χ0v) is 13.2. The van der Waals surface area contributed by atoms with Gasteiger partial charge in [0.25, 0.3) is 0 Å². The van der Waals surface area contributed by atoms with Crippen LogP contribution in [0.25, 0.3) is 10.8 Å². The van der Waals surface area contributed by atoms with E-state index in [1.54, 1.807) is 12.1 Å². The summed E-state index contributed by atoms with van der Waals surface area (Å²) in [5.74, 6) is 0.795. The molecule has 2 N–H and O–H groups in total. The van der Waals surface area contributed by atoms with Gasteiger partial charge in [-0.15, -0.1) is 0 Å². The molecule has 0 aliphatic rings. The topological polar surface area (TPSA) is 49.7 Å². The first kappa shape index (κ1) is 15.9. The summed E-state index contributed by atoms with van der Waals surface area (Å²) in [7, 11) is -1.45. The molecule has 0 unspecified atom stereocenters. The molecule has 23 heavy (non-hydrogen) atoms. The van der Waals surface area contributed by atoms with E-state index in [-0.39, 0.29) is 0 Å². The second kappa shape index (κ2) is 7.05.